The van der Waals surface area contributed by atoms with E-state index in [1.54, 1.807) is 6.07 Å². The van der Waals surface area contributed by atoms with Crippen LogP contribution >= 0.6 is 0 Å². The van der Waals surface area contributed by atoms with E-state index in [0.717, 1.165) is 30.5 Å². The van der Waals surface area contributed by atoms with Gasteiger partial charge in [0.05, 0.1) is 23.6 Å². The minimum atomic E-state index is -4.85. The second kappa shape index (κ2) is 6.50. The first-order chi connectivity index (χ1) is 11.8. The van der Waals surface area contributed by atoms with Crippen molar-refractivity contribution in [2.24, 2.45) is 0 Å². The molecule has 2 heterocycles. The van der Waals surface area contributed by atoms with E-state index in [4.69, 9.17) is 0 Å². The summed E-state index contributed by atoms with van der Waals surface area (Å²) >= 11 is 0. The van der Waals surface area contributed by atoms with Gasteiger partial charge in [-0.2, -0.15) is 5.10 Å². The Morgan fingerprint density at radius 3 is 2.40 bits per heavy atom. The molecule has 0 bridgehead atoms. The molecule has 3 rings (SSSR count). The summed E-state index contributed by atoms with van der Waals surface area (Å²) in [7, 11) is 0. The largest absolute Gasteiger partial charge is 0.573 e. The third-order valence-corrected chi connectivity index (χ3v) is 3.33. The number of hydrogen-bond acceptors (Lipinski definition) is 3. The Hall–Kier alpha value is -2.97. The molecule has 1 unspecified atom stereocenters. The van der Waals surface area contributed by atoms with Crippen molar-refractivity contribution in [3.8, 4) is 11.4 Å². The topological polar surface area (TPSA) is 39.9 Å². The number of alkyl halides is 4. The molecule has 0 radical (unpaired) electrons. The molecule has 0 aliphatic rings. The number of nitrogens with zero attached hydrogens (tertiary/aromatic N) is 3. The third-order valence-electron chi connectivity index (χ3n) is 3.33. The molecule has 0 aliphatic carbocycles. The summed E-state index contributed by atoms with van der Waals surface area (Å²) in [5.74, 6) is -1.39. The van der Waals surface area contributed by atoms with E-state index in [2.05, 4.69) is 14.8 Å². The van der Waals surface area contributed by atoms with Gasteiger partial charge >= 0.3 is 6.36 Å². The Morgan fingerprint density at radius 1 is 1.08 bits per heavy atom. The average Bonchev–Trinajstić information content (AvgIpc) is 3.07. The highest BCUT2D eigenvalue weighted by Gasteiger charge is 2.31. The van der Waals surface area contributed by atoms with Gasteiger partial charge in [-0.3, -0.25) is 4.98 Å². The molecule has 1 atom stereocenters. The van der Waals surface area contributed by atoms with Crippen molar-refractivity contribution < 1.29 is 26.7 Å². The van der Waals surface area contributed by atoms with Gasteiger partial charge in [0.15, 0.2) is 6.17 Å². The maximum Gasteiger partial charge on any atom is 0.573 e. The van der Waals surface area contributed by atoms with Crippen molar-refractivity contribution in [2.75, 3.05) is 0 Å². The van der Waals surface area contributed by atoms with E-state index in [1.807, 2.05) is 0 Å². The van der Waals surface area contributed by atoms with Crippen molar-refractivity contribution in [3.05, 3.63) is 72.1 Å². The molecule has 0 aliphatic heterocycles. The van der Waals surface area contributed by atoms with E-state index in [9.17, 15) is 22.0 Å². The number of halogens is 5. The molecular weight excluding hydrogens is 345 g/mol. The lowest BCUT2D eigenvalue weighted by atomic mass is 10.0. The number of pyridine rings is 1. The minimum absolute atomic E-state index is 0.0342. The highest BCUT2D eigenvalue weighted by Crippen LogP contribution is 2.33. The van der Waals surface area contributed by atoms with Crippen LogP contribution in [0.15, 0.2) is 55.1 Å². The zero-order valence-electron chi connectivity index (χ0n) is 12.4. The van der Waals surface area contributed by atoms with Crippen molar-refractivity contribution in [2.45, 2.75) is 12.5 Å². The van der Waals surface area contributed by atoms with E-state index >= 15 is 0 Å². The van der Waals surface area contributed by atoms with E-state index in [0.29, 0.717) is 0 Å². The fraction of sp³-hybridized carbons (Fsp3) is 0.125. The lowest BCUT2D eigenvalue weighted by Crippen LogP contribution is -2.17. The molecule has 0 amide bonds. The summed E-state index contributed by atoms with van der Waals surface area (Å²) in [6, 6.07) is 5.69. The predicted octanol–water partition coefficient (Wildman–Crippen LogP) is 4.36. The van der Waals surface area contributed by atoms with Crippen LogP contribution in [0.25, 0.3) is 5.69 Å². The van der Waals surface area contributed by atoms with Gasteiger partial charge < -0.3 is 4.74 Å². The molecule has 0 spiro atoms. The van der Waals surface area contributed by atoms with Crippen molar-refractivity contribution in [3.63, 3.8) is 0 Å². The molecule has 0 saturated heterocycles. The van der Waals surface area contributed by atoms with Gasteiger partial charge in [-0.25, -0.2) is 13.5 Å². The standard InChI is InChI=1S/C16H10F5N3O/c17-12-8-22-9-13(24-7-1-6-23-24)14(12)15(18)10-2-4-11(5-3-10)25-16(19,20)21/h1-9,15H. The van der Waals surface area contributed by atoms with E-state index < -0.39 is 24.1 Å². The summed E-state index contributed by atoms with van der Waals surface area (Å²) in [6.45, 7) is 0. The van der Waals surface area contributed by atoms with E-state index in [-0.39, 0.29) is 16.8 Å². The van der Waals surface area contributed by atoms with Crippen LogP contribution < -0.4 is 4.74 Å². The summed E-state index contributed by atoms with van der Waals surface area (Å²) in [5.41, 5.74) is -0.260. The second-order valence-electron chi connectivity index (χ2n) is 4.98. The Labute approximate surface area is 138 Å². The van der Waals surface area contributed by atoms with Gasteiger partial charge in [-0.05, 0) is 23.8 Å². The lowest BCUT2D eigenvalue weighted by Gasteiger charge is -2.15. The van der Waals surface area contributed by atoms with Gasteiger partial charge in [0.1, 0.15) is 11.6 Å². The summed E-state index contributed by atoms with van der Waals surface area (Å²) in [6.07, 6.45) is -1.74. The minimum Gasteiger partial charge on any atom is -0.406 e. The van der Waals surface area contributed by atoms with Crippen LogP contribution in [0.5, 0.6) is 5.75 Å². The molecule has 2 aromatic heterocycles. The van der Waals surface area contributed by atoms with Crippen LogP contribution in [0.1, 0.15) is 17.3 Å². The smallest absolute Gasteiger partial charge is 0.406 e. The van der Waals surface area contributed by atoms with Crippen LogP contribution in [0.4, 0.5) is 22.0 Å². The van der Waals surface area contributed by atoms with Gasteiger partial charge in [-0.1, -0.05) is 12.1 Å². The Kier molecular flexibility index (Phi) is 4.39. The number of rotatable bonds is 4. The Morgan fingerprint density at radius 2 is 1.80 bits per heavy atom. The molecule has 25 heavy (non-hydrogen) atoms. The molecule has 130 valence electrons. The molecule has 1 aromatic carbocycles. The second-order valence-corrected chi connectivity index (χ2v) is 4.98. The summed E-state index contributed by atoms with van der Waals surface area (Å²) < 4.78 is 70.5. The van der Waals surface area contributed by atoms with Crippen LogP contribution in [-0.4, -0.2) is 21.1 Å². The van der Waals surface area contributed by atoms with Gasteiger partial charge in [0.2, 0.25) is 0 Å². The van der Waals surface area contributed by atoms with Crippen molar-refractivity contribution >= 4 is 0 Å². The first kappa shape index (κ1) is 16.9. The van der Waals surface area contributed by atoms with Crippen LogP contribution in [0.2, 0.25) is 0 Å². The zero-order chi connectivity index (χ0) is 18.0. The number of benzene rings is 1. The lowest BCUT2D eigenvalue weighted by molar-refractivity contribution is -0.274. The quantitative estimate of drug-likeness (QED) is 0.653. The number of hydrogen-bond donors (Lipinski definition) is 0. The van der Waals surface area contributed by atoms with Crippen LogP contribution in [-0.2, 0) is 0 Å². The first-order valence-corrected chi connectivity index (χ1v) is 6.98. The zero-order valence-corrected chi connectivity index (χ0v) is 12.4. The predicted molar refractivity (Wildman–Crippen MR) is 77.4 cm³/mol. The van der Waals surface area contributed by atoms with Crippen LogP contribution in [0, 0.1) is 5.82 Å². The fourth-order valence-electron chi connectivity index (χ4n) is 2.28. The molecule has 0 saturated carbocycles. The van der Waals surface area contributed by atoms with E-state index in [1.165, 1.54) is 23.3 Å². The molecule has 9 heteroatoms. The maximum absolute atomic E-state index is 14.9. The SMILES string of the molecule is Fc1cncc(-n2cccn2)c1C(F)c1ccc(OC(F)(F)F)cc1. The van der Waals surface area contributed by atoms with Crippen molar-refractivity contribution in [1.82, 2.24) is 14.8 Å². The van der Waals surface area contributed by atoms with Crippen molar-refractivity contribution in [1.29, 1.82) is 0 Å². The normalized spacial score (nSPS) is 12.8. The average molecular weight is 355 g/mol. The third kappa shape index (κ3) is 3.76. The first-order valence-electron chi connectivity index (χ1n) is 6.98. The highest BCUT2D eigenvalue weighted by atomic mass is 19.4. The molecule has 3 aromatic rings. The van der Waals surface area contributed by atoms with Gasteiger partial charge in [0, 0.05) is 12.4 Å². The fourth-order valence-corrected chi connectivity index (χ4v) is 2.28. The Balaban J connectivity index is 1.95. The molecule has 4 nitrogen and oxygen atoms in total. The summed E-state index contributed by atoms with van der Waals surface area (Å²) in [4.78, 5) is 3.68. The van der Waals surface area contributed by atoms with Gasteiger partial charge in [-0.15, -0.1) is 13.2 Å². The maximum atomic E-state index is 14.9. The highest BCUT2D eigenvalue weighted by molar-refractivity contribution is 5.45. The number of aromatic nitrogens is 3. The molecular formula is C16H10F5N3O. The molecule has 0 fully saturated rings. The summed E-state index contributed by atoms with van der Waals surface area (Å²) in [5, 5.41) is 3.92. The Bertz CT molecular complexity index is 847. The van der Waals surface area contributed by atoms with Gasteiger partial charge in [0.25, 0.3) is 0 Å². The monoisotopic (exact) mass is 355 g/mol. The number of ether oxygens (including phenoxy) is 1. The van der Waals surface area contributed by atoms with Crippen LogP contribution in [0.3, 0.4) is 0 Å². The molecule has 0 N–H and O–H groups in total.